The van der Waals surface area contributed by atoms with E-state index in [-0.39, 0.29) is 24.7 Å². The van der Waals surface area contributed by atoms with E-state index in [1.807, 2.05) is 0 Å². The van der Waals surface area contributed by atoms with E-state index in [2.05, 4.69) is 5.10 Å². The molecule has 11 heteroatoms. The van der Waals surface area contributed by atoms with Gasteiger partial charge in [0.05, 0.1) is 18.4 Å². The number of rotatable bonds is 8. The Morgan fingerprint density at radius 3 is 2.30 bits per heavy atom. The summed E-state index contributed by atoms with van der Waals surface area (Å²) in [6.45, 7) is 0.527. The van der Waals surface area contributed by atoms with E-state index in [9.17, 15) is 18.0 Å². The van der Waals surface area contributed by atoms with Crippen molar-refractivity contribution in [3.63, 3.8) is 0 Å². The van der Waals surface area contributed by atoms with Crippen LogP contribution in [0.5, 0.6) is 11.5 Å². The molecule has 0 saturated carbocycles. The number of alkyl halides is 3. The fourth-order valence-electron chi connectivity index (χ4n) is 1.79. The highest BCUT2D eigenvalue weighted by molar-refractivity contribution is 5.88. The topological polar surface area (TPSA) is 103 Å². The van der Waals surface area contributed by atoms with Crippen LogP contribution in [0.3, 0.4) is 0 Å². The highest BCUT2D eigenvalue weighted by atomic mass is 19.4. The van der Waals surface area contributed by atoms with Crippen molar-refractivity contribution in [2.24, 2.45) is 0 Å². The summed E-state index contributed by atoms with van der Waals surface area (Å²) in [6, 6.07) is 5.42. The number of esters is 1. The van der Waals surface area contributed by atoms with Crippen LogP contribution >= 0.6 is 0 Å². The van der Waals surface area contributed by atoms with Gasteiger partial charge >= 0.3 is 12.1 Å². The van der Waals surface area contributed by atoms with Crippen molar-refractivity contribution in [3.8, 4) is 11.5 Å². The first-order valence-electron chi connectivity index (χ1n) is 7.69. The van der Waals surface area contributed by atoms with Gasteiger partial charge < -0.3 is 24.4 Å². The number of carbonyl (C=O) groups excluding carboxylic acids is 1. The van der Waals surface area contributed by atoms with Gasteiger partial charge in [-0.1, -0.05) is 0 Å². The number of ether oxygens (including phenoxy) is 3. The second-order valence-electron chi connectivity index (χ2n) is 5.34. The van der Waals surface area contributed by atoms with E-state index in [1.54, 1.807) is 6.92 Å². The summed E-state index contributed by atoms with van der Waals surface area (Å²) in [5.74, 6) is -4.11. The summed E-state index contributed by atoms with van der Waals surface area (Å²) >= 11 is 0. The van der Waals surface area contributed by atoms with Gasteiger partial charge in [-0.25, -0.2) is 9.48 Å². The second-order valence-corrected chi connectivity index (χ2v) is 5.34. The molecule has 1 heterocycles. The first-order valence-corrected chi connectivity index (χ1v) is 7.69. The van der Waals surface area contributed by atoms with E-state index in [0.29, 0.717) is 5.75 Å². The lowest BCUT2D eigenvalue weighted by molar-refractivity contribution is -0.355. The van der Waals surface area contributed by atoms with Gasteiger partial charge in [0.2, 0.25) is 0 Å². The molecule has 2 rings (SSSR count). The molecule has 0 fully saturated rings. The third-order valence-corrected chi connectivity index (χ3v) is 3.23. The molecule has 27 heavy (non-hydrogen) atoms. The molecule has 8 nitrogen and oxygen atoms in total. The fraction of sp³-hybridized carbons (Fsp3) is 0.375. The third-order valence-electron chi connectivity index (χ3n) is 3.23. The number of halogens is 3. The minimum atomic E-state index is -5.23. The van der Waals surface area contributed by atoms with Crippen molar-refractivity contribution in [1.82, 2.24) is 9.78 Å². The average Bonchev–Trinajstić information content (AvgIpc) is 3.07. The van der Waals surface area contributed by atoms with Crippen LogP contribution in [0.25, 0.3) is 0 Å². The Morgan fingerprint density at radius 2 is 1.74 bits per heavy atom. The summed E-state index contributed by atoms with van der Waals surface area (Å²) in [7, 11) is 0. The van der Waals surface area contributed by atoms with Crippen LogP contribution in [-0.2, 0) is 11.5 Å². The molecule has 0 aliphatic rings. The maximum Gasteiger partial charge on any atom is 0.446 e. The van der Waals surface area contributed by atoms with Gasteiger partial charge in [0.15, 0.2) is 13.3 Å². The van der Waals surface area contributed by atoms with Crippen LogP contribution in [-0.4, -0.2) is 51.1 Å². The maximum atomic E-state index is 12.3. The normalized spacial score (nSPS) is 11.9. The number of aromatic nitrogens is 2. The first-order chi connectivity index (χ1) is 12.6. The molecule has 0 bridgehead atoms. The number of hydrogen-bond donors (Lipinski definition) is 2. The molecule has 0 unspecified atom stereocenters. The van der Waals surface area contributed by atoms with Crippen LogP contribution < -0.4 is 9.47 Å². The number of carbonyl (C=O) groups is 1. The molecule has 1 aromatic carbocycles. The van der Waals surface area contributed by atoms with E-state index < -0.39 is 24.5 Å². The average molecular weight is 390 g/mol. The summed E-state index contributed by atoms with van der Waals surface area (Å²) in [4.78, 5) is 11.5. The molecule has 0 atom stereocenters. The van der Waals surface area contributed by atoms with Crippen LogP contribution in [0.2, 0.25) is 0 Å². The van der Waals surface area contributed by atoms with Crippen LogP contribution in [0, 0.1) is 0 Å². The number of hydrogen-bond acceptors (Lipinski definition) is 7. The minimum Gasteiger partial charge on any atom is -0.488 e. The predicted octanol–water partition coefficient (Wildman–Crippen LogP) is 1.72. The molecule has 0 aliphatic heterocycles. The predicted molar refractivity (Wildman–Crippen MR) is 84.0 cm³/mol. The van der Waals surface area contributed by atoms with E-state index in [1.165, 1.54) is 41.3 Å². The van der Waals surface area contributed by atoms with Crippen molar-refractivity contribution in [2.45, 2.75) is 25.6 Å². The molecular weight excluding hydrogens is 373 g/mol. The van der Waals surface area contributed by atoms with E-state index in [4.69, 9.17) is 24.4 Å². The lowest BCUT2D eigenvalue weighted by atomic mass is 10.3. The molecule has 0 amide bonds. The molecular formula is C16H17F3N2O6. The third kappa shape index (κ3) is 5.59. The van der Waals surface area contributed by atoms with E-state index >= 15 is 0 Å². The maximum absolute atomic E-state index is 12.3. The Hall–Kier alpha value is -2.79. The van der Waals surface area contributed by atoms with Crippen LogP contribution in [0.4, 0.5) is 13.2 Å². The standard InChI is InChI=1S/C16H17F3N2O6/c1-2-25-14(22)11-7-20-21(8-11)10-27-13-5-3-12(4-6-13)26-9-15(23,24)16(17,18)19/h3-8,23-24H,2,9-10H2,1H3. The molecule has 0 spiro atoms. The quantitative estimate of drug-likeness (QED) is 0.523. The van der Waals surface area contributed by atoms with Gasteiger partial charge in [0.1, 0.15) is 11.5 Å². The van der Waals surface area contributed by atoms with Gasteiger partial charge in [-0.05, 0) is 31.2 Å². The van der Waals surface area contributed by atoms with Gasteiger partial charge in [-0.3, -0.25) is 0 Å². The highest BCUT2D eigenvalue weighted by Gasteiger charge is 2.53. The SMILES string of the molecule is CCOC(=O)c1cnn(COc2ccc(OCC(O)(O)C(F)(F)F)cc2)c1. The van der Waals surface area contributed by atoms with Crippen molar-refractivity contribution in [3.05, 3.63) is 42.2 Å². The molecule has 148 valence electrons. The molecule has 0 saturated heterocycles. The summed E-state index contributed by atoms with van der Waals surface area (Å²) in [6.07, 6.45) is -2.47. The minimum absolute atomic E-state index is 0.0113. The highest BCUT2D eigenvalue weighted by Crippen LogP contribution is 2.29. The molecule has 2 N–H and O–H groups in total. The smallest absolute Gasteiger partial charge is 0.446 e. The Balaban J connectivity index is 1.86. The fourth-order valence-corrected chi connectivity index (χ4v) is 1.79. The van der Waals surface area contributed by atoms with Gasteiger partial charge in [0.25, 0.3) is 5.79 Å². The Morgan fingerprint density at radius 1 is 1.15 bits per heavy atom. The first kappa shape index (κ1) is 20.5. The lowest BCUT2D eigenvalue weighted by Gasteiger charge is -2.24. The Bertz CT molecular complexity index is 758. The van der Waals surface area contributed by atoms with Crippen molar-refractivity contribution in [2.75, 3.05) is 13.2 Å². The zero-order valence-corrected chi connectivity index (χ0v) is 14.1. The van der Waals surface area contributed by atoms with Crippen molar-refractivity contribution < 1.29 is 42.4 Å². The van der Waals surface area contributed by atoms with Crippen LogP contribution in [0.1, 0.15) is 17.3 Å². The summed E-state index contributed by atoms with van der Waals surface area (Å²) in [5, 5.41) is 21.7. The summed E-state index contributed by atoms with van der Waals surface area (Å²) in [5.41, 5.74) is 0.269. The van der Waals surface area contributed by atoms with Crippen molar-refractivity contribution in [1.29, 1.82) is 0 Å². The zero-order valence-electron chi connectivity index (χ0n) is 14.1. The largest absolute Gasteiger partial charge is 0.488 e. The Kier molecular flexibility index (Phi) is 6.28. The number of benzene rings is 1. The summed E-state index contributed by atoms with van der Waals surface area (Å²) < 4.78 is 53.3. The number of nitrogens with zero attached hydrogens (tertiary/aromatic N) is 2. The Labute approximate surface area is 151 Å². The van der Waals surface area contributed by atoms with Crippen LogP contribution in [0.15, 0.2) is 36.7 Å². The molecule has 1 aromatic heterocycles. The zero-order chi connectivity index (χ0) is 20.1. The number of aliphatic hydroxyl groups is 2. The monoisotopic (exact) mass is 390 g/mol. The molecule has 2 aromatic rings. The molecule has 0 radical (unpaired) electrons. The van der Waals surface area contributed by atoms with Gasteiger partial charge in [0, 0.05) is 6.20 Å². The second kappa shape index (κ2) is 8.27. The van der Waals surface area contributed by atoms with E-state index in [0.717, 1.165) is 0 Å². The van der Waals surface area contributed by atoms with Gasteiger partial charge in [-0.15, -0.1) is 0 Å². The lowest BCUT2D eigenvalue weighted by Crippen LogP contribution is -2.49. The molecule has 0 aliphatic carbocycles. The van der Waals surface area contributed by atoms with Crippen molar-refractivity contribution >= 4 is 5.97 Å². The van der Waals surface area contributed by atoms with Gasteiger partial charge in [-0.2, -0.15) is 18.3 Å².